The molecule has 39 heavy (non-hydrogen) atoms. The summed E-state index contributed by atoms with van der Waals surface area (Å²) in [6.45, 7) is 4.07. The molecular weight excluding hydrogens is 536 g/mol. The van der Waals surface area contributed by atoms with Gasteiger partial charge in [0, 0.05) is 18.4 Å². The summed E-state index contributed by atoms with van der Waals surface area (Å²) in [5, 5.41) is 1.47. The molecule has 2 amide bonds. The van der Waals surface area contributed by atoms with E-state index in [0.29, 0.717) is 42.0 Å². The van der Waals surface area contributed by atoms with Gasteiger partial charge in [0.2, 0.25) is 19.8 Å². The lowest BCUT2D eigenvalue weighted by Crippen LogP contribution is -2.45. The van der Waals surface area contributed by atoms with Gasteiger partial charge in [-0.2, -0.15) is 0 Å². The molecule has 1 fully saturated rings. The Morgan fingerprint density at radius 3 is 2.28 bits per heavy atom. The van der Waals surface area contributed by atoms with E-state index in [1.54, 1.807) is 36.4 Å². The number of hydrogen-bond acceptors (Lipinski definition) is 8. The van der Waals surface area contributed by atoms with Crippen molar-refractivity contribution in [1.82, 2.24) is 10.3 Å². The number of benzene rings is 3. The maximum Gasteiger partial charge on any atom is 0.287 e. The molecule has 2 heterocycles. The Kier molecular flexibility index (Phi) is 7.33. The number of carbonyl (C=O) groups excluding carboxylic acids is 2. The van der Waals surface area contributed by atoms with Crippen LogP contribution in [0.5, 0.6) is 5.75 Å². The molecule has 0 aliphatic carbocycles. The molecule has 200 valence electrons. The Hall–Kier alpha value is -3.89. The molecule has 0 spiro atoms. The third-order valence-corrected chi connectivity index (χ3v) is 10.4. The molecule has 0 saturated carbocycles. The number of carbonyl (C=O) groups is 2. The van der Waals surface area contributed by atoms with E-state index in [-0.39, 0.29) is 11.3 Å². The van der Waals surface area contributed by atoms with Crippen LogP contribution in [0.15, 0.2) is 88.2 Å². The molecule has 1 unspecified atom stereocenters. The van der Waals surface area contributed by atoms with Crippen LogP contribution in [0, 0.1) is 13.8 Å². The lowest BCUT2D eigenvalue weighted by atomic mass is 10.1. The molecule has 1 N–H and O–H groups in total. The predicted octanol–water partition coefficient (Wildman–Crippen LogP) is 5.28. The number of thioether (sulfide) groups is 1. The van der Waals surface area contributed by atoms with Gasteiger partial charge in [-0.25, -0.2) is 13.4 Å². The Morgan fingerprint density at radius 2 is 1.64 bits per heavy atom. The molecule has 0 bridgehead atoms. The Balaban J connectivity index is 1.28. The topological polar surface area (TPSA) is 116 Å². The average Bonchev–Trinajstić information content (AvgIpc) is 3.44. The van der Waals surface area contributed by atoms with Crippen LogP contribution >= 0.6 is 11.8 Å². The fourth-order valence-corrected chi connectivity index (χ4v) is 7.61. The third-order valence-electron chi connectivity index (χ3n) is 6.47. The number of rotatable bonds is 9. The minimum absolute atomic E-state index is 0.0102. The number of ether oxygens (including phenoxy) is 1. The first-order valence-corrected chi connectivity index (χ1v) is 14.6. The van der Waals surface area contributed by atoms with Crippen molar-refractivity contribution in [2.24, 2.45) is 0 Å². The molecule has 1 atom stereocenters. The molecule has 8 nitrogen and oxygen atoms in total. The summed E-state index contributed by atoms with van der Waals surface area (Å²) in [5.74, 6) is 1.04. The second-order valence-electron chi connectivity index (χ2n) is 9.22. The summed E-state index contributed by atoms with van der Waals surface area (Å²) >= 11 is 0.505. The van der Waals surface area contributed by atoms with Gasteiger partial charge in [-0.3, -0.25) is 14.9 Å². The van der Waals surface area contributed by atoms with Crippen LogP contribution in [0.25, 0.3) is 11.5 Å². The lowest BCUT2D eigenvalue weighted by Gasteiger charge is -2.24. The molecular formula is C29H26N2O6S2. The van der Waals surface area contributed by atoms with Gasteiger partial charge in [0.15, 0.2) is 0 Å². The van der Waals surface area contributed by atoms with Crippen molar-refractivity contribution in [3.8, 4) is 17.2 Å². The van der Waals surface area contributed by atoms with E-state index in [2.05, 4.69) is 10.3 Å². The monoisotopic (exact) mass is 562 g/mol. The van der Waals surface area contributed by atoms with Crippen molar-refractivity contribution in [3.63, 3.8) is 0 Å². The van der Waals surface area contributed by atoms with Crippen molar-refractivity contribution in [2.45, 2.75) is 35.7 Å². The molecule has 5 rings (SSSR count). The Bertz CT molecular complexity index is 1610. The fraction of sp³-hybridized carbons (Fsp3) is 0.207. The number of hydrogen-bond donors (Lipinski definition) is 1. The number of imide groups is 1. The van der Waals surface area contributed by atoms with Gasteiger partial charge in [-0.05, 0) is 67.6 Å². The number of amides is 2. The highest BCUT2D eigenvalue weighted by Crippen LogP contribution is 2.43. The van der Waals surface area contributed by atoms with E-state index in [1.807, 2.05) is 44.2 Å². The largest absolute Gasteiger partial charge is 0.493 e. The summed E-state index contributed by atoms with van der Waals surface area (Å²) < 4.78 is 36.9. The van der Waals surface area contributed by atoms with E-state index < -0.39 is 25.1 Å². The third kappa shape index (κ3) is 5.35. The first kappa shape index (κ1) is 26.7. The molecule has 1 aliphatic heterocycles. The van der Waals surface area contributed by atoms with Crippen LogP contribution in [-0.4, -0.2) is 35.2 Å². The standard InChI is InChI=1S/C29H26N2O6S2/c1-19-8-14-24(15-9-19)39(34,35)29(27(32)31-28(33)38-29)18-21-10-12-23(13-11-21)36-17-16-25-20(2)37-26(30-25)22-6-4-3-5-7-22/h3-15H,16-18H2,1-2H3,(H,31,32,33). The molecule has 1 aromatic heterocycles. The van der Waals surface area contributed by atoms with Gasteiger partial charge in [0.05, 0.1) is 17.2 Å². The highest BCUT2D eigenvalue weighted by molar-refractivity contribution is 8.25. The molecule has 3 aromatic carbocycles. The van der Waals surface area contributed by atoms with E-state index in [4.69, 9.17) is 9.15 Å². The second kappa shape index (κ2) is 10.7. The molecule has 1 saturated heterocycles. The van der Waals surface area contributed by atoms with Crippen molar-refractivity contribution < 1.29 is 27.2 Å². The molecule has 1 aliphatic rings. The minimum Gasteiger partial charge on any atom is -0.493 e. The minimum atomic E-state index is -4.19. The Morgan fingerprint density at radius 1 is 0.949 bits per heavy atom. The number of nitrogens with one attached hydrogen (secondary N) is 1. The zero-order valence-corrected chi connectivity index (χ0v) is 23.0. The molecule has 10 heteroatoms. The first-order chi connectivity index (χ1) is 18.7. The SMILES string of the molecule is Cc1ccc(S(=O)(=O)C2(Cc3ccc(OCCc4nc(-c5ccccc5)oc4C)cc3)SC(=O)NC2=O)cc1. The van der Waals surface area contributed by atoms with Crippen molar-refractivity contribution in [1.29, 1.82) is 0 Å². The van der Waals surface area contributed by atoms with E-state index in [1.165, 1.54) is 12.1 Å². The zero-order chi connectivity index (χ0) is 27.6. The van der Waals surface area contributed by atoms with E-state index in [9.17, 15) is 18.0 Å². The van der Waals surface area contributed by atoms with Gasteiger partial charge < -0.3 is 9.15 Å². The van der Waals surface area contributed by atoms with Gasteiger partial charge in [-0.1, -0.05) is 48.0 Å². The van der Waals surface area contributed by atoms with Crippen molar-refractivity contribution in [3.05, 3.63) is 101 Å². The predicted molar refractivity (Wildman–Crippen MR) is 148 cm³/mol. The number of aryl methyl sites for hydroxylation is 2. The number of nitrogens with zero attached hydrogens (tertiary/aromatic N) is 1. The number of aromatic nitrogens is 1. The van der Waals surface area contributed by atoms with Gasteiger partial charge in [0.1, 0.15) is 11.5 Å². The van der Waals surface area contributed by atoms with E-state index in [0.717, 1.165) is 22.6 Å². The van der Waals surface area contributed by atoms with Crippen LogP contribution in [-0.2, 0) is 27.5 Å². The number of sulfone groups is 1. The van der Waals surface area contributed by atoms with Gasteiger partial charge in [-0.15, -0.1) is 0 Å². The maximum atomic E-state index is 13.6. The van der Waals surface area contributed by atoms with Crippen LogP contribution in [0.3, 0.4) is 0 Å². The molecule has 0 radical (unpaired) electrons. The lowest BCUT2D eigenvalue weighted by molar-refractivity contribution is -0.119. The van der Waals surface area contributed by atoms with Crippen LogP contribution in [0.2, 0.25) is 0 Å². The smallest absolute Gasteiger partial charge is 0.287 e. The normalized spacial score (nSPS) is 17.3. The van der Waals surface area contributed by atoms with Gasteiger partial charge in [0.25, 0.3) is 11.1 Å². The summed E-state index contributed by atoms with van der Waals surface area (Å²) in [6, 6.07) is 22.7. The summed E-state index contributed by atoms with van der Waals surface area (Å²) in [7, 11) is -4.19. The summed E-state index contributed by atoms with van der Waals surface area (Å²) in [4.78, 5) is 29.6. The van der Waals surface area contributed by atoms with Crippen molar-refractivity contribution >= 4 is 32.7 Å². The number of oxazole rings is 1. The highest BCUT2D eigenvalue weighted by Gasteiger charge is 2.58. The maximum absolute atomic E-state index is 13.6. The average molecular weight is 563 g/mol. The van der Waals surface area contributed by atoms with Crippen LogP contribution in [0.1, 0.15) is 22.6 Å². The van der Waals surface area contributed by atoms with Crippen molar-refractivity contribution in [2.75, 3.05) is 6.61 Å². The summed E-state index contributed by atoms with van der Waals surface area (Å²) in [5.41, 5.74) is 3.17. The van der Waals surface area contributed by atoms with Gasteiger partial charge >= 0.3 is 0 Å². The van der Waals surface area contributed by atoms with E-state index >= 15 is 0 Å². The Labute approximate surface area is 230 Å². The molecule has 4 aromatic rings. The quantitative estimate of drug-likeness (QED) is 0.293. The van der Waals surface area contributed by atoms with Crippen LogP contribution in [0.4, 0.5) is 4.79 Å². The fourth-order valence-electron chi connectivity index (χ4n) is 4.31. The summed E-state index contributed by atoms with van der Waals surface area (Å²) in [6.07, 6.45) is 0.368. The first-order valence-electron chi connectivity index (χ1n) is 12.3. The highest BCUT2D eigenvalue weighted by atomic mass is 32.3. The zero-order valence-electron chi connectivity index (χ0n) is 21.3. The second-order valence-corrected chi connectivity index (χ2v) is 12.9. The van der Waals surface area contributed by atoms with Crippen LogP contribution < -0.4 is 10.1 Å².